The Morgan fingerprint density at radius 3 is 3.06 bits per heavy atom. The van der Waals surface area contributed by atoms with E-state index in [-0.39, 0.29) is 5.91 Å². The number of amidine groups is 1. The van der Waals surface area contributed by atoms with Gasteiger partial charge in [0, 0.05) is 11.3 Å². The number of amides is 1. The Labute approximate surface area is 103 Å². The minimum atomic E-state index is -0.157. The number of thiocarbonyl (C=S) groups is 1. The Hall–Kier alpha value is -1.20. The predicted molar refractivity (Wildman–Crippen MR) is 71.6 cm³/mol. The molecule has 0 spiro atoms. The van der Waals surface area contributed by atoms with Crippen LogP contribution in [-0.4, -0.2) is 22.2 Å². The van der Waals surface area contributed by atoms with Gasteiger partial charge in [-0.3, -0.25) is 10.1 Å². The standard InChI is InChI=1S/C11H10N2OS2/c1-16-11-12-9(10(14)13-11)6-7-3-2-4-8(15)5-7/h2-3,5-6H,4H2,1H3,(H,12,13,14). The van der Waals surface area contributed by atoms with Crippen LogP contribution in [0.2, 0.25) is 0 Å². The van der Waals surface area contributed by atoms with Crippen LogP contribution in [0.15, 0.2) is 40.6 Å². The molecule has 0 saturated heterocycles. The third-order valence-electron chi connectivity index (χ3n) is 2.13. The molecule has 0 fully saturated rings. The molecule has 0 aromatic carbocycles. The Bertz CT molecular complexity index is 472. The number of allylic oxidation sites excluding steroid dienone is 5. The van der Waals surface area contributed by atoms with E-state index in [9.17, 15) is 4.79 Å². The van der Waals surface area contributed by atoms with E-state index in [4.69, 9.17) is 12.2 Å². The van der Waals surface area contributed by atoms with Gasteiger partial charge in [-0.05, 0) is 24.0 Å². The number of rotatable bonds is 1. The zero-order valence-corrected chi connectivity index (χ0v) is 10.3. The summed E-state index contributed by atoms with van der Waals surface area (Å²) in [5.74, 6) is -0.157. The monoisotopic (exact) mass is 250 g/mol. The average Bonchev–Trinajstić information content (AvgIpc) is 2.60. The van der Waals surface area contributed by atoms with Crippen molar-refractivity contribution in [2.75, 3.05) is 6.26 Å². The average molecular weight is 250 g/mol. The van der Waals surface area contributed by atoms with Crippen LogP contribution in [0.1, 0.15) is 6.42 Å². The zero-order valence-electron chi connectivity index (χ0n) is 8.69. The lowest BCUT2D eigenvalue weighted by atomic mass is 10.1. The Balaban J connectivity index is 2.25. The van der Waals surface area contributed by atoms with E-state index < -0.39 is 0 Å². The molecule has 1 aliphatic heterocycles. The molecule has 0 radical (unpaired) electrons. The number of nitrogens with one attached hydrogen (secondary N) is 1. The molecule has 3 nitrogen and oxygen atoms in total. The fraction of sp³-hybridized carbons (Fsp3) is 0.182. The summed E-state index contributed by atoms with van der Waals surface area (Å²) >= 11 is 6.52. The van der Waals surface area contributed by atoms with Crippen LogP contribution >= 0.6 is 24.0 Å². The highest BCUT2D eigenvalue weighted by Crippen LogP contribution is 2.16. The quantitative estimate of drug-likeness (QED) is 0.571. The van der Waals surface area contributed by atoms with Gasteiger partial charge >= 0.3 is 0 Å². The first kappa shape index (κ1) is 11.3. The van der Waals surface area contributed by atoms with Crippen LogP contribution in [-0.2, 0) is 4.79 Å². The third kappa shape index (κ3) is 2.48. The van der Waals surface area contributed by atoms with Gasteiger partial charge in [-0.2, -0.15) is 0 Å². The summed E-state index contributed by atoms with van der Waals surface area (Å²) in [5, 5.41) is 3.31. The number of aliphatic imine (C=N–C) groups is 1. The molecule has 0 aromatic rings. The van der Waals surface area contributed by atoms with E-state index in [2.05, 4.69) is 10.3 Å². The number of carbonyl (C=O) groups is 1. The SMILES string of the molecule is CSC1=NC(=CC2=CC(=S)CC=C2)C(=O)N1. The lowest BCUT2D eigenvalue weighted by Crippen LogP contribution is -2.21. The number of carbonyl (C=O) groups excluding carboxylic acids is 1. The Morgan fingerprint density at radius 1 is 1.62 bits per heavy atom. The van der Waals surface area contributed by atoms with Crippen molar-refractivity contribution in [2.45, 2.75) is 6.42 Å². The molecule has 2 aliphatic rings. The third-order valence-corrected chi connectivity index (χ3v) is 2.99. The minimum absolute atomic E-state index is 0.157. The van der Waals surface area contributed by atoms with Crippen LogP contribution in [0.4, 0.5) is 0 Å². The van der Waals surface area contributed by atoms with Crippen molar-refractivity contribution in [2.24, 2.45) is 4.99 Å². The highest BCUT2D eigenvalue weighted by Gasteiger charge is 2.19. The van der Waals surface area contributed by atoms with Gasteiger partial charge in [-0.15, -0.1) is 0 Å². The van der Waals surface area contributed by atoms with E-state index in [0.717, 1.165) is 16.9 Å². The molecule has 0 aromatic heterocycles. The molecule has 0 saturated carbocycles. The maximum absolute atomic E-state index is 11.5. The van der Waals surface area contributed by atoms with Gasteiger partial charge in [0.05, 0.1) is 0 Å². The van der Waals surface area contributed by atoms with Crippen molar-refractivity contribution in [3.63, 3.8) is 0 Å². The van der Waals surface area contributed by atoms with Gasteiger partial charge in [-0.25, -0.2) is 4.99 Å². The van der Waals surface area contributed by atoms with Crippen LogP contribution in [0.3, 0.4) is 0 Å². The molecule has 1 heterocycles. The van der Waals surface area contributed by atoms with E-state index in [1.165, 1.54) is 11.8 Å². The van der Waals surface area contributed by atoms with Crippen LogP contribution < -0.4 is 5.32 Å². The summed E-state index contributed by atoms with van der Waals surface area (Å²) in [5.41, 5.74) is 1.36. The fourth-order valence-electron chi connectivity index (χ4n) is 1.40. The van der Waals surface area contributed by atoms with Crippen molar-refractivity contribution in [1.29, 1.82) is 0 Å². The molecule has 5 heteroatoms. The lowest BCUT2D eigenvalue weighted by molar-refractivity contribution is -0.115. The van der Waals surface area contributed by atoms with Gasteiger partial charge in [-0.1, -0.05) is 36.1 Å². The topological polar surface area (TPSA) is 41.5 Å². The van der Waals surface area contributed by atoms with Crippen molar-refractivity contribution < 1.29 is 4.79 Å². The number of thioether (sulfide) groups is 1. The summed E-state index contributed by atoms with van der Waals surface area (Å²) in [6.45, 7) is 0. The summed E-state index contributed by atoms with van der Waals surface area (Å²) in [6.07, 6.45) is 10.2. The highest BCUT2D eigenvalue weighted by molar-refractivity contribution is 8.13. The molecule has 1 N–H and O–H groups in total. The second kappa shape index (κ2) is 4.76. The van der Waals surface area contributed by atoms with E-state index in [1.54, 1.807) is 6.08 Å². The van der Waals surface area contributed by atoms with Gasteiger partial charge in [0.15, 0.2) is 5.17 Å². The van der Waals surface area contributed by atoms with Gasteiger partial charge in [0.25, 0.3) is 5.91 Å². The van der Waals surface area contributed by atoms with Crippen molar-refractivity contribution in [3.05, 3.63) is 35.6 Å². The number of hydrogen-bond donors (Lipinski definition) is 1. The fourth-order valence-corrected chi connectivity index (χ4v) is 2.01. The van der Waals surface area contributed by atoms with E-state index >= 15 is 0 Å². The molecule has 1 aliphatic carbocycles. The molecule has 16 heavy (non-hydrogen) atoms. The van der Waals surface area contributed by atoms with Crippen LogP contribution in [0, 0.1) is 0 Å². The van der Waals surface area contributed by atoms with E-state index in [1.807, 2.05) is 24.5 Å². The van der Waals surface area contributed by atoms with Gasteiger partial charge < -0.3 is 0 Å². The molecule has 0 bridgehead atoms. The van der Waals surface area contributed by atoms with Gasteiger partial charge in [0.2, 0.25) is 0 Å². The van der Waals surface area contributed by atoms with Crippen LogP contribution in [0.5, 0.6) is 0 Å². The summed E-state index contributed by atoms with van der Waals surface area (Å²) in [6, 6.07) is 0. The first-order valence-corrected chi connectivity index (χ1v) is 6.39. The van der Waals surface area contributed by atoms with E-state index in [0.29, 0.717) is 10.9 Å². The predicted octanol–water partition coefficient (Wildman–Crippen LogP) is 1.98. The van der Waals surface area contributed by atoms with Crippen LogP contribution in [0.25, 0.3) is 0 Å². The molecular formula is C11H10N2OS2. The first-order valence-electron chi connectivity index (χ1n) is 4.76. The lowest BCUT2D eigenvalue weighted by Gasteiger charge is -2.02. The van der Waals surface area contributed by atoms with Crippen molar-refractivity contribution in [3.8, 4) is 0 Å². The molecular weight excluding hydrogens is 240 g/mol. The number of nitrogens with zero attached hydrogens (tertiary/aromatic N) is 1. The maximum Gasteiger partial charge on any atom is 0.275 e. The first-order chi connectivity index (χ1) is 7.69. The van der Waals surface area contributed by atoms with Gasteiger partial charge in [0.1, 0.15) is 5.70 Å². The Morgan fingerprint density at radius 2 is 2.44 bits per heavy atom. The summed E-state index contributed by atoms with van der Waals surface area (Å²) in [7, 11) is 0. The maximum atomic E-state index is 11.5. The molecule has 1 amide bonds. The second-order valence-electron chi connectivity index (χ2n) is 3.32. The normalized spacial score (nSPS) is 22.2. The molecule has 0 atom stereocenters. The molecule has 82 valence electrons. The minimum Gasteiger partial charge on any atom is -0.300 e. The van der Waals surface area contributed by atoms with Crippen molar-refractivity contribution >= 4 is 39.9 Å². The number of hydrogen-bond acceptors (Lipinski definition) is 4. The smallest absolute Gasteiger partial charge is 0.275 e. The molecule has 0 unspecified atom stereocenters. The summed E-state index contributed by atoms with van der Waals surface area (Å²) < 4.78 is 0. The molecule has 2 rings (SSSR count). The highest BCUT2D eigenvalue weighted by atomic mass is 32.2. The Kier molecular flexibility index (Phi) is 3.36. The largest absolute Gasteiger partial charge is 0.300 e. The second-order valence-corrected chi connectivity index (χ2v) is 4.64. The zero-order chi connectivity index (χ0) is 11.5. The summed E-state index contributed by atoms with van der Waals surface area (Å²) in [4.78, 5) is 16.6. The van der Waals surface area contributed by atoms with Crippen molar-refractivity contribution in [1.82, 2.24) is 5.32 Å².